The molecule has 1 aliphatic rings. The highest BCUT2D eigenvalue weighted by Gasteiger charge is 2.33. The molecule has 1 aliphatic heterocycles. The molecule has 0 aromatic carbocycles. The molecule has 0 spiro atoms. The molecule has 13 heavy (non-hydrogen) atoms. The summed E-state index contributed by atoms with van der Waals surface area (Å²) in [6.45, 7) is 3.45. The zero-order valence-electron chi connectivity index (χ0n) is 7.70. The van der Waals surface area contributed by atoms with Gasteiger partial charge in [-0.3, -0.25) is 9.59 Å². The van der Waals surface area contributed by atoms with Gasteiger partial charge < -0.3 is 10.2 Å². The van der Waals surface area contributed by atoms with E-state index < -0.39 is 6.04 Å². The minimum absolute atomic E-state index is 0.0508. The highest BCUT2D eigenvalue weighted by molar-refractivity contribution is 5.94. The molecule has 70 valence electrons. The van der Waals surface area contributed by atoms with Gasteiger partial charge in [0.2, 0.25) is 11.8 Å². The largest absolute Gasteiger partial charge is 0.345 e. The van der Waals surface area contributed by atoms with E-state index >= 15 is 0 Å². The first-order chi connectivity index (χ1) is 6.07. The summed E-state index contributed by atoms with van der Waals surface area (Å²) in [7, 11) is 0. The van der Waals surface area contributed by atoms with Crippen molar-refractivity contribution >= 4 is 11.8 Å². The Morgan fingerprint density at radius 3 is 2.85 bits per heavy atom. The molecule has 1 rings (SSSR count). The lowest BCUT2D eigenvalue weighted by atomic mass is 10.1. The van der Waals surface area contributed by atoms with E-state index in [0.717, 1.165) is 0 Å². The van der Waals surface area contributed by atoms with Crippen LogP contribution in [0.1, 0.15) is 13.8 Å². The van der Waals surface area contributed by atoms with Crippen molar-refractivity contribution in [1.82, 2.24) is 10.2 Å². The number of nitrogens with zero attached hydrogens (tertiary/aromatic N) is 1. The van der Waals surface area contributed by atoms with Crippen LogP contribution in [0.4, 0.5) is 0 Å². The lowest BCUT2D eigenvalue weighted by molar-refractivity contribution is -0.145. The van der Waals surface area contributed by atoms with Gasteiger partial charge in [0.15, 0.2) is 0 Å². The van der Waals surface area contributed by atoms with Crippen molar-refractivity contribution in [3.05, 3.63) is 0 Å². The third kappa shape index (κ3) is 1.64. The van der Waals surface area contributed by atoms with Crippen LogP contribution < -0.4 is 5.32 Å². The molecular weight excluding hydrogens is 168 g/mol. The lowest BCUT2D eigenvalue weighted by Gasteiger charge is -2.35. The Morgan fingerprint density at radius 1 is 1.69 bits per heavy atom. The average molecular weight is 180 g/mol. The van der Waals surface area contributed by atoms with Gasteiger partial charge in [-0.1, -0.05) is 5.92 Å². The Balaban J connectivity index is 2.85. The zero-order valence-corrected chi connectivity index (χ0v) is 7.70. The average Bonchev–Trinajstić information content (AvgIpc) is 2.12. The van der Waals surface area contributed by atoms with Crippen LogP contribution in [0.2, 0.25) is 0 Å². The van der Waals surface area contributed by atoms with Gasteiger partial charge in [0.25, 0.3) is 0 Å². The van der Waals surface area contributed by atoms with Crippen LogP contribution >= 0.6 is 0 Å². The minimum Gasteiger partial charge on any atom is -0.345 e. The van der Waals surface area contributed by atoms with E-state index in [9.17, 15) is 9.59 Å². The summed E-state index contributed by atoms with van der Waals surface area (Å²) in [6, 6.07) is -0.791. The number of rotatable bonds is 1. The van der Waals surface area contributed by atoms with E-state index in [2.05, 4.69) is 11.2 Å². The quantitative estimate of drug-likeness (QED) is 0.545. The number of carbonyl (C=O) groups excluding carboxylic acids is 2. The Hall–Kier alpha value is -1.50. The first kappa shape index (κ1) is 9.59. The molecule has 0 saturated carbocycles. The molecule has 2 amide bonds. The maximum Gasteiger partial charge on any atom is 0.243 e. The van der Waals surface area contributed by atoms with Crippen molar-refractivity contribution in [2.24, 2.45) is 0 Å². The fourth-order valence-corrected chi connectivity index (χ4v) is 1.38. The first-order valence-corrected chi connectivity index (χ1v) is 4.13. The summed E-state index contributed by atoms with van der Waals surface area (Å²) in [5.74, 6) is 2.16. The van der Waals surface area contributed by atoms with Crippen LogP contribution in [0.3, 0.4) is 0 Å². The molecule has 0 aromatic heterocycles. The molecule has 1 heterocycles. The molecule has 0 radical (unpaired) electrons. The zero-order chi connectivity index (χ0) is 10.0. The summed E-state index contributed by atoms with van der Waals surface area (Å²) in [6.07, 6.45) is 5.20. The summed E-state index contributed by atoms with van der Waals surface area (Å²) in [4.78, 5) is 24.0. The maximum absolute atomic E-state index is 11.4. The van der Waals surface area contributed by atoms with E-state index in [1.54, 1.807) is 13.8 Å². The van der Waals surface area contributed by atoms with Crippen molar-refractivity contribution in [3.8, 4) is 12.3 Å². The Labute approximate surface area is 77.3 Å². The second-order valence-electron chi connectivity index (χ2n) is 3.04. The Kier molecular flexibility index (Phi) is 2.57. The molecular formula is C9H12N2O2. The monoisotopic (exact) mass is 180 g/mol. The number of hydrogen-bond donors (Lipinski definition) is 1. The smallest absolute Gasteiger partial charge is 0.243 e. The summed E-state index contributed by atoms with van der Waals surface area (Å²) < 4.78 is 0. The van der Waals surface area contributed by atoms with Crippen molar-refractivity contribution < 1.29 is 9.59 Å². The molecule has 1 N–H and O–H groups in total. The predicted molar refractivity (Wildman–Crippen MR) is 47.6 cm³/mol. The fraction of sp³-hybridized carbons (Fsp3) is 0.556. The van der Waals surface area contributed by atoms with Gasteiger partial charge in [-0.25, -0.2) is 0 Å². The molecule has 1 saturated heterocycles. The van der Waals surface area contributed by atoms with Gasteiger partial charge >= 0.3 is 0 Å². The van der Waals surface area contributed by atoms with Crippen LogP contribution in [0, 0.1) is 12.3 Å². The number of amides is 2. The molecule has 4 heteroatoms. The maximum atomic E-state index is 11.4. The molecule has 1 fully saturated rings. The molecule has 0 aromatic rings. The molecule has 0 bridgehead atoms. The number of hydrogen-bond acceptors (Lipinski definition) is 2. The van der Waals surface area contributed by atoms with Crippen molar-refractivity contribution in [2.75, 3.05) is 6.54 Å². The minimum atomic E-state index is -0.465. The number of terminal acetylenes is 1. The molecule has 4 nitrogen and oxygen atoms in total. The van der Waals surface area contributed by atoms with Gasteiger partial charge in [0.05, 0.1) is 12.6 Å². The van der Waals surface area contributed by atoms with Crippen LogP contribution in [0.5, 0.6) is 0 Å². The van der Waals surface area contributed by atoms with Gasteiger partial charge in [-0.15, -0.1) is 6.42 Å². The van der Waals surface area contributed by atoms with Crippen molar-refractivity contribution in [1.29, 1.82) is 0 Å². The van der Waals surface area contributed by atoms with Gasteiger partial charge in [-0.2, -0.15) is 0 Å². The van der Waals surface area contributed by atoms with E-state index in [1.807, 2.05) is 0 Å². The van der Waals surface area contributed by atoms with Crippen molar-refractivity contribution in [2.45, 2.75) is 25.9 Å². The number of nitrogens with one attached hydrogen (secondary N) is 1. The van der Waals surface area contributed by atoms with Crippen LogP contribution in [0.25, 0.3) is 0 Å². The normalized spacial score (nSPS) is 25.0. The molecule has 0 aliphatic carbocycles. The standard InChI is InChI=1S/C9H12N2O2/c1-4-6(2)11-7(3)9(13)10-5-8(11)12/h1,6-7H,5H2,2-3H3,(H,10,13). The van der Waals surface area contributed by atoms with E-state index in [1.165, 1.54) is 4.90 Å². The third-order valence-electron chi connectivity index (χ3n) is 2.16. The highest BCUT2D eigenvalue weighted by Crippen LogP contribution is 2.09. The molecule has 2 unspecified atom stereocenters. The predicted octanol–water partition coefficient (Wildman–Crippen LogP) is -0.645. The van der Waals surface area contributed by atoms with E-state index in [0.29, 0.717) is 0 Å². The highest BCUT2D eigenvalue weighted by atomic mass is 16.2. The first-order valence-electron chi connectivity index (χ1n) is 4.13. The van der Waals surface area contributed by atoms with E-state index in [4.69, 9.17) is 6.42 Å². The second-order valence-corrected chi connectivity index (χ2v) is 3.04. The summed E-state index contributed by atoms with van der Waals surface area (Å²) in [5.41, 5.74) is 0. The topological polar surface area (TPSA) is 49.4 Å². The van der Waals surface area contributed by atoms with Crippen molar-refractivity contribution in [3.63, 3.8) is 0 Å². The molecule has 2 atom stereocenters. The van der Waals surface area contributed by atoms with Gasteiger partial charge in [-0.05, 0) is 13.8 Å². The van der Waals surface area contributed by atoms with Gasteiger partial charge in [0.1, 0.15) is 6.04 Å². The number of piperazine rings is 1. The number of carbonyl (C=O) groups is 2. The third-order valence-corrected chi connectivity index (χ3v) is 2.16. The Bertz CT molecular complexity index is 280. The SMILES string of the molecule is C#CC(C)N1C(=O)CNC(=O)C1C. The van der Waals surface area contributed by atoms with Gasteiger partial charge in [0, 0.05) is 0 Å². The summed E-state index contributed by atoms with van der Waals surface area (Å²) in [5, 5.41) is 2.49. The fourth-order valence-electron chi connectivity index (χ4n) is 1.38. The van der Waals surface area contributed by atoms with E-state index in [-0.39, 0.29) is 24.4 Å². The lowest BCUT2D eigenvalue weighted by Crippen LogP contribution is -2.59. The second kappa shape index (κ2) is 3.48. The van der Waals surface area contributed by atoms with Crippen LogP contribution in [0.15, 0.2) is 0 Å². The van der Waals surface area contributed by atoms with Crippen LogP contribution in [-0.4, -0.2) is 35.3 Å². The van der Waals surface area contributed by atoms with Crippen LogP contribution in [-0.2, 0) is 9.59 Å². The summed E-state index contributed by atoms with van der Waals surface area (Å²) >= 11 is 0. The Morgan fingerprint density at radius 2 is 2.31 bits per heavy atom.